The molecule has 6 rings (SSSR count). The van der Waals surface area contributed by atoms with Crippen LogP contribution in [0.5, 0.6) is 0 Å². The van der Waals surface area contributed by atoms with Crippen LogP contribution in [0.1, 0.15) is 30.9 Å². The van der Waals surface area contributed by atoms with Gasteiger partial charge in [-0.2, -0.15) is 5.10 Å². The number of anilines is 2. The summed E-state index contributed by atoms with van der Waals surface area (Å²) in [6.07, 6.45) is 6.97. The van der Waals surface area contributed by atoms with Gasteiger partial charge in [0.1, 0.15) is 10.3 Å². The number of nitrogens with zero attached hydrogens (tertiary/aromatic N) is 4. The summed E-state index contributed by atoms with van der Waals surface area (Å²) in [5.74, 6) is -0.0830. The van der Waals surface area contributed by atoms with E-state index in [9.17, 15) is 14.4 Å². The Balaban J connectivity index is 1.27. The number of carbonyl (C=O) groups is 3. The summed E-state index contributed by atoms with van der Waals surface area (Å²) in [4.78, 5) is 44.7. The predicted molar refractivity (Wildman–Crippen MR) is 143 cm³/mol. The highest BCUT2D eigenvalue weighted by molar-refractivity contribution is 8.01. The first-order valence-corrected chi connectivity index (χ1v) is 13.3. The maximum absolute atomic E-state index is 13.5. The zero-order valence-electron chi connectivity index (χ0n) is 20.3. The van der Waals surface area contributed by atoms with E-state index in [4.69, 9.17) is 0 Å². The molecule has 2 aliphatic heterocycles. The van der Waals surface area contributed by atoms with E-state index in [1.807, 2.05) is 36.4 Å². The third-order valence-electron chi connectivity index (χ3n) is 7.10. The van der Waals surface area contributed by atoms with Gasteiger partial charge in [0.25, 0.3) is 0 Å². The smallest absolute Gasteiger partial charge is 0.328 e. The van der Waals surface area contributed by atoms with Gasteiger partial charge in [0, 0.05) is 29.4 Å². The molecule has 0 saturated heterocycles. The molecule has 3 aliphatic rings. The molecule has 1 saturated carbocycles. The standard InChI is InChI=1S/C27H25N7O3S/c1-2-21(35)30-17-9-6-10-18(17)31-25(36)24-23-22-19(11-12-28-26(22)38-24)34(27(37)32-23)20-13-16(14-29-33-20)15-7-4-3-5-8-15/h2-5,7-8,11-14,17-18,23-24H,1,6,9-10H2,(H,30,35)(H,31,36)(H,32,37)/t17-,18+,23?,24?/m0/s1. The van der Waals surface area contributed by atoms with Crippen molar-refractivity contribution in [2.75, 3.05) is 4.90 Å². The molecule has 0 bridgehead atoms. The Labute approximate surface area is 223 Å². The number of carbonyl (C=O) groups excluding carboxylic acids is 3. The van der Waals surface area contributed by atoms with Crippen LogP contribution < -0.4 is 20.9 Å². The molecule has 38 heavy (non-hydrogen) atoms. The van der Waals surface area contributed by atoms with Crippen molar-refractivity contribution in [2.45, 2.75) is 47.7 Å². The summed E-state index contributed by atoms with van der Waals surface area (Å²) in [6, 6.07) is 12.1. The lowest BCUT2D eigenvalue weighted by atomic mass is 9.99. The van der Waals surface area contributed by atoms with Gasteiger partial charge in [0.2, 0.25) is 11.8 Å². The van der Waals surface area contributed by atoms with E-state index in [1.54, 1.807) is 18.5 Å². The highest BCUT2D eigenvalue weighted by Crippen LogP contribution is 2.50. The van der Waals surface area contributed by atoms with Crippen LogP contribution in [-0.2, 0) is 9.59 Å². The highest BCUT2D eigenvalue weighted by Gasteiger charge is 2.47. The lowest BCUT2D eigenvalue weighted by molar-refractivity contribution is -0.122. The lowest BCUT2D eigenvalue weighted by Gasteiger charge is -2.33. The third-order valence-corrected chi connectivity index (χ3v) is 8.39. The molecule has 2 unspecified atom stereocenters. The van der Waals surface area contributed by atoms with E-state index in [2.05, 4.69) is 37.7 Å². The van der Waals surface area contributed by atoms with Crippen molar-refractivity contribution in [3.63, 3.8) is 0 Å². The number of pyridine rings is 1. The number of aromatic nitrogens is 3. The molecular formula is C27H25N7O3S. The van der Waals surface area contributed by atoms with Crippen LogP contribution in [0.25, 0.3) is 11.1 Å². The molecule has 4 amide bonds. The first kappa shape index (κ1) is 24.1. The fourth-order valence-electron chi connectivity index (χ4n) is 5.32. The summed E-state index contributed by atoms with van der Waals surface area (Å²) in [5.41, 5.74) is 3.20. The van der Waals surface area contributed by atoms with E-state index >= 15 is 0 Å². The maximum atomic E-state index is 13.5. The van der Waals surface area contributed by atoms with Crippen LogP contribution in [0.15, 0.2) is 72.5 Å². The quantitative estimate of drug-likeness (QED) is 0.420. The number of urea groups is 1. The van der Waals surface area contributed by atoms with Gasteiger partial charge in [-0.3, -0.25) is 9.59 Å². The van der Waals surface area contributed by atoms with Gasteiger partial charge < -0.3 is 16.0 Å². The predicted octanol–water partition coefficient (Wildman–Crippen LogP) is 3.25. The molecule has 192 valence electrons. The summed E-state index contributed by atoms with van der Waals surface area (Å²) in [5, 5.41) is 17.5. The van der Waals surface area contributed by atoms with Crippen LogP contribution in [0.3, 0.4) is 0 Å². The minimum absolute atomic E-state index is 0.154. The van der Waals surface area contributed by atoms with Crippen LogP contribution in [0.4, 0.5) is 16.3 Å². The molecule has 1 aromatic carbocycles. The molecule has 1 aliphatic carbocycles. The summed E-state index contributed by atoms with van der Waals surface area (Å²) < 4.78 is 0. The number of nitrogens with one attached hydrogen (secondary N) is 3. The van der Waals surface area contributed by atoms with Crippen molar-refractivity contribution in [3.8, 4) is 11.1 Å². The Kier molecular flexibility index (Phi) is 6.28. The number of benzene rings is 1. The second-order valence-corrected chi connectivity index (χ2v) is 10.5. The van der Waals surface area contributed by atoms with Crippen molar-refractivity contribution in [1.82, 2.24) is 31.1 Å². The Bertz CT molecular complexity index is 1430. The number of hydrogen-bond donors (Lipinski definition) is 3. The summed E-state index contributed by atoms with van der Waals surface area (Å²) in [6.45, 7) is 3.50. The fraction of sp³-hybridized carbons (Fsp3) is 0.259. The van der Waals surface area contributed by atoms with Crippen LogP contribution in [0.2, 0.25) is 0 Å². The Morgan fingerprint density at radius 2 is 1.89 bits per heavy atom. The largest absolute Gasteiger partial charge is 0.350 e. The Hall–Kier alpha value is -4.25. The Morgan fingerprint density at radius 1 is 1.11 bits per heavy atom. The molecule has 4 atom stereocenters. The van der Waals surface area contributed by atoms with Crippen LogP contribution in [-0.4, -0.2) is 50.4 Å². The zero-order valence-corrected chi connectivity index (χ0v) is 21.1. The van der Waals surface area contributed by atoms with Crippen molar-refractivity contribution < 1.29 is 14.4 Å². The summed E-state index contributed by atoms with van der Waals surface area (Å²) in [7, 11) is 0. The van der Waals surface area contributed by atoms with E-state index in [1.165, 1.54) is 22.7 Å². The number of amides is 4. The van der Waals surface area contributed by atoms with Gasteiger partial charge in [-0.05, 0) is 43.0 Å². The molecule has 3 N–H and O–H groups in total. The van der Waals surface area contributed by atoms with Gasteiger partial charge in [0.15, 0.2) is 5.82 Å². The van der Waals surface area contributed by atoms with Crippen molar-refractivity contribution >= 4 is 41.1 Å². The fourth-order valence-corrected chi connectivity index (χ4v) is 6.55. The topological polar surface area (TPSA) is 129 Å². The third kappa shape index (κ3) is 4.28. The average Bonchev–Trinajstić information content (AvgIpc) is 3.54. The molecule has 0 radical (unpaired) electrons. The first-order chi connectivity index (χ1) is 18.5. The van der Waals surface area contributed by atoms with Gasteiger partial charge in [-0.15, -0.1) is 5.10 Å². The monoisotopic (exact) mass is 527 g/mol. The van der Waals surface area contributed by atoms with Gasteiger partial charge in [-0.1, -0.05) is 48.7 Å². The molecular weight excluding hydrogens is 502 g/mol. The van der Waals surface area contributed by atoms with E-state index in [0.29, 0.717) is 16.5 Å². The molecule has 1 fully saturated rings. The number of thioether (sulfide) groups is 1. The van der Waals surface area contributed by atoms with Gasteiger partial charge >= 0.3 is 6.03 Å². The number of hydrogen-bond acceptors (Lipinski definition) is 7. The van der Waals surface area contributed by atoms with E-state index in [0.717, 1.165) is 36.0 Å². The van der Waals surface area contributed by atoms with Crippen LogP contribution >= 0.6 is 11.8 Å². The first-order valence-electron chi connectivity index (χ1n) is 12.4. The molecule has 4 heterocycles. The normalized spacial score (nSPS) is 23.4. The van der Waals surface area contributed by atoms with E-state index < -0.39 is 17.3 Å². The summed E-state index contributed by atoms with van der Waals surface area (Å²) >= 11 is 1.33. The number of rotatable bonds is 6. The minimum atomic E-state index is -0.595. The molecule has 2 aromatic heterocycles. The molecule has 3 aromatic rings. The second kappa shape index (κ2) is 9.90. The van der Waals surface area contributed by atoms with Crippen molar-refractivity contribution in [3.05, 3.63) is 73.1 Å². The SMILES string of the molecule is C=CC(=O)N[C@H]1CCC[C@H]1NC(=O)C1Sc2nccc3c2C1NC(=O)N3c1cc(-c2ccccc2)cnn1. The van der Waals surface area contributed by atoms with E-state index in [-0.39, 0.29) is 23.9 Å². The highest BCUT2D eigenvalue weighted by atomic mass is 32.2. The molecule has 10 nitrogen and oxygen atoms in total. The van der Waals surface area contributed by atoms with Crippen molar-refractivity contribution in [2.24, 2.45) is 0 Å². The van der Waals surface area contributed by atoms with Crippen LogP contribution in [0, 0.1) is 0 Å². The molecule has 11 heteroatoms. The van der Waals surface area contributed by atoms with Gasteiger partial charge in [0.05, 0.1) is 17.9 Å². The molecule has 0 spiro atoms. The second-order valence-electron chi connectivity index (χ2n) is 9.38. The van der Waals surface area contributed by atoms with Gasteiger partial charge in [-0.25, -0.2) is 14.7 Å². The Morgan fingerprint density at radius 3 is 2.68 bits per heavy atom. The maximum Gasteiger partial charge on any atom is 0.328 e. The van der Waals surface area contributed by atoms with Crippen molar-refractivity contribution in [1.29, 1.82) is 0 Å². The zero-order chi connectivity index (χ0) is 26.2. The lowest BCUT2D eigenvalue weighted by Crippen LogP contribution is -2.53. The minimum Gasteiger partial charge on any atom is -0.350 e. The average molecular weight is 528 g/mol.